The Morgan fingerprint density at radius 1 is 1.50 bits per heavy atom. The van der Waals surface area contributed by atoms with Crippen molar-refractivity contribution in [1.29, 1.82) is 0 Å². The molecular formula is C13H14N4O3. The zero-order chi connectivity index (χ0) is 14.3. The predicted octanol–water partition coefficient (Wildman–Crippen LogP) is -0.216. The number of aromatic amines is 1. The Kier molecular flexibility index (Phi) is 2.90. The molecule has 0 spiro atoms. The van der Waals surface area contributed by atoms with Gasteiger partial charge in [-0.2, -0.15) is 0 Å². The number of H-pyrrole nitrogens is 1. The Morgan fingerprint density at radius 2 is 2.25 bits per heavy atom. The molecular weight excluding hydrogens is 260 g/mol. The van der Waals surface area contributed by atoms with Crippen LogP contribution in [0.25, 0.3) is 11.0 Å². The van der Waals surface area contributed by atoms with Crippen LogP contribution in [0, 0.1) is 0 Å². The summed E-state index contributed by atoms with van der Waals surface area (Å²) in [6, 6.07) is 6.21. The summed E-state index contributed by atoms with van der Waals surface area (Å²) in [6.07, 6.45) is 0. The first-order valence-corrected chi connectivity index (χ1v) is 6.27. The molecule has 7 nitrogen and oxygen atoms in total. The van der Waals surface area contributed by atoms with E-state index >= 15 is 0 Å². The summed E-state index contributed by atoms with van der Waals surface area (Å²) < 4.78 is 0. The van der Waals surface area contributed by atoms with Crippen LogP contribution >= 0.6 is 0 Å². The lowest BCUT2D eigenvalue weighted by atomic mass is 9.96. The largest absolute Gasteiger partial charge is 0.480 e. The van der Waals surface area contributed by atoms with Crippen molar-refractivity contribution < 1.29 is 9.90 Å². The van der Waals surface area contributed by atoms with E-state index < -0.39 is 12.0 Å². The second-order valence-electron chi connectivity index (χ2n) is 4.74. The van der Waals surface area contributed by atoms with Crippen LogP contribution in [0.3, 0.4) is 0 Å². The van der Waals surface area contributed by atoms with Crippen LogP contribution in [0.15, 0.2) is 29.1 Å². The molecule has 20 heavy (non-hydrogen) atoms. The molecule has 1 saturated heterocycles. The lowest BCUT2D eigenvalue weighted by Crippen LogP contribution is -2.69. The Morgan fingerprint density at radius 3 is 2.95 bits per heavy atom. The highest BCUT2D eigenvalue weighted by molar-refractivity contribution is 5.82. The first-order chi connectivity index (χ1) is 9.61. The van der Waals surface area contributed by atoms with E-state index in [-0.39, 0.29) is 17.4 Å². The standard InChI is InChI=1S/C13H14N4O3/c1-14-9-6-17(10(9)13(19)20)11-12(18)16-8-5-3-2-4-7(8)15-11/h2-5,9-10,14H,6H2,1H3,(H,16,18)(H,19,20)/t9-,10+/m1/s1. The Hall–Kier alpha value is -2.41. The quantitative estimate of drug-likeness (QED) is 0.716. The minimum absolute atomic E-state index is 0.155. The van der Waals surface area contributed by atoms with Crippen LogP contribution < -0.4 is 15.8 Å². The van der Waals surface area contributed by atoms with Crippen LogP contribution in [0.4, 0.5) is 5.82 Å². The van der Waals surface area contributed by atoms with Gasteiger partial charge in [-0.05, 0) is 19.2 Å². The highest BCUT2D eigenvalue weighted by Gasteiger charge is 2.45. The maximum atomic E-state index is 12.1. The molecule has 2 aromatic rings. The topological polar surface area (TPSA) is 98.3 Å². The van der Waals surface area contributed by atoms with Gasteiger partial charge in [0.25, 0.3) is 5.56 Å². The Balaban J connectivity index is 2.04. The molecule has 0 aliphatic carbocycles. The predicted molar refractivity (Wildman–Crippen MR) is 74.0 cm³/mol. The maximum absolute atomic E-state index is 12.1. The van der Waals surface area contributed by atoms with Crippen molar-refractivity contribution in [2.24, 2.45) is 0 Å². The highest BCUT2D eigenvalue weighted by Crippen LogP contribution is 2.23. The molecule has 0 radical (unpaired) electrons. The fourth-order valence-corrected chi connectivity index (χ4v) is 2.49. The van der Waals surface area contributed by atoms with Crippen molar-refractivity contribution in [3.05, 3.63) is 34.6 Å². The Bertz CT molecular complexity index is 727. The molecule has 3 rings (SSSR count). The summed E-state index contributed by atoms with van der Waals surface area (Å²) in [7, 11) is 1.70. The van der Waals surface area contributed by atoms with E-state index in [9.17, 15) is 14.7 Å². The Labute approximate surface area is 114 Å². The number of benzene rings is 1. The van der Waals surface area contributed by atoms with Crippen LogP contribution in [0.1, 0.15) is 0 Å². The number of carboxylic acids is 1. The number of carboxylic acid groups (broad SMARTS) is 1. The first kappa shape index (κ1) is 12.6. The van der Waals surface area contributed by atoms with Crippen molar-refractivity contribution in [3.8, 4) is 0 Å². The summed E-state index contributed by atoms with van der Waals surface area (Å²) in [4.78, 5) is 31.9. The zero-order valence-corrected chi connectivity index (χ0v) is 10.8. The van der Waals surface area contributed by atoms with Gasteiger partial charge in [-0.25, -0.2) is 9.78 Å². The number of para-hydroxylation sites is 2. The number of hydrogen-bond donors (Lipinski definition) is 3. The second-order valence-corrected chi connectivity index (χ2v) is 4.74. The molecule has 3 N–H and O–H groups in total. The van der Waals surface area contributed by atoms with E-state index in [0.29, 0.717) is 17.6 Å². The van der Waals surface area contributed by atoms with E-state index in [1.165, 1.54) is 4.90 Å². The zero-order valence-electron chi connectivity index (χ0n) is 10.8. The molecule has 1 aliphatic rings. The van der Waals surface area contributed by atoms with Gasteiger partial charge < -0.3 is 20.3 Å². The number of rotatable bonds is 3. The minimum Gasteiger partial charge on any atom is -0.480 e. The number of aliphatic carboxylic acids is 1. The smallest absolute Gasteiger partial charge is 0.328 e. The molecule has 1 fully saturated rings. The van der Waals surface area contributed by atoms with Gasteiger partial charge in [0, 0.05) is 6.54 Å². The number of likely N-dealkylation sites (N-methyl/N-ethyl adjacent to an activating group) is 1. The first-order valence-electron chi connectivity index (χ1n) is 6.27. The molecule has 0 unspecified atom stereocenters. The number of nitrogens with zero attached hydrogens (tertiary/aromatic N) is 2. The van der Waals surface area contributed by atoms with Crippen molar-refractivity contribution in [2.75, 3.05) is 18.5 Å². The van der Waals surface area contributed by atoms with Gasteiger partial charge in [0.1, 0.15) is 6.04 Å². The summed E-state index contributed by atoms with van der Waals surface area (Å²) in [6.45, 7) is 0.446. The number of nitrogens with one attached hydrogen (secondary N) is 2. The maximum Gasteiger partial charge on any atom is 0.328 e. The van der Waals surface area contributed by atoms with Crippen LogP contribution in [-0.4, -0.2) is 46.7 Å². The summed E-state index contributed by atoms with van der Waals surface area (Å²) in [5.41, 5.74) is 0.905. The van der Waals surface area contributed by atoms with Gasteiger partial charge in [0.2, 0.25) is 0 Å². The van der Waals surface area contributed by atoms with E-state index in [1.807, 2.05) is 6.07 Å². The van der Waals surface area contributed by atoms with Gasteiger partial charge in [0.15, 0.2) is 5.82 Å². The van der Waals surface area contributed by atoms with E-state index in [2.05, 4.69) is 15.3 Å². The van der Waals surface area contributed by atoms with Crippen molar-refractivity contribution >= 4 is 22.8 Å². The minimum atomic E-state index is -0.968. The normalized spacial score (nSPS) is 21.8. The van der Waals surface area contributed by atoms with Gasteiger partial charge in [-0.15, -0.1) is 0 Å². The molecule has 0 amide bonds. The highest BCUT2D eigenvalue weighted by atomic mass is 16.4. The number of hydrogen-bond acceptors (Lipinski definition) is 5. The number of fused-ring (bicyclic) bond motifs is 1. The van der Waals surface area contributed by atoms with Crippen molar-refractivity contribution in [2.45, 2.75) is 12.1 Å². The monoisotopic (exact) mass is 274 g/mol. The fourth-order valence-electron chi connectivity index (χ4n) is 2.49. The van der Waals surface area contributed by atoms with Crippen molar-refractivity contribution in [1.82, 2.24) is 15.3 Å². The van der Waals surface area contributed by atoms with Crippen LogP contribution in [-0.2, 0) is 4.79 Å². The van der Waals surface area contributed by atoms with Gasteiger partial charge in [0.05, 0.1) is 17.1 Å². The molecule has 7 heteroatoms. The van der Waals surface area contributed by atoms with Gasteiger partial charge in [-0.3, -0.25) is 4.79 Å². The molecule has 104 valence electrons. The molecule has 2 atom stereocenters. The number of carbonyl (C=O) groups is 1. The number of aromatic nitrogens is 2. The molecule has 1 aromatic carbocycles. The molecule has 1 aliphatic heterocycles. The van der Waals surface area contributed by atoms with Gasteiger partial charge in [-0.1, -0.05) is 12.1 Å². The number of anilines is 1. The lowest BCUT2D eigenvalue weighted by molar-refractivity contribution is -0.140. The van der Waals surface area contributed by atoms with Crippen LogP contribution in [0.5, 0.6) is 0 Å². The average molecular weight is 274 g/mol. The molecule has 0 bridgehead atoms. The summed E-state index contributed by atoms with van der Waals surface area (Å²) in [5, 5.41) is 12.2. The van der Waals surface area contributed by atoms with Gasteiger partial charge >= 0.3 is 5.97 Å². The molecule has 0 saturated carbocycles. The summed E-state index contributed by atoms with van der Waals surface area (Å²) in [5.74, 6) is -0.812. The third-order valence-electron chi connectivity index (χ3n) is 3.59. The van der Waals surface area contributed by atoms with E-state index in [0.717, 1.165) is 0 Å². The SMILES string of the molecule is CN[C@@H]1CN(c2nc3ccccc3[nH]c2=O)[C@@H]1C(=O)O. The third-order valence-corrected chi connectivity index (χ3v) is 3.59. The molecule has 2 heterocycles. The molecule has 1 aromatic heterocycles. The average Bonchev–Trinajstić information content (AvgIpc) is 2.38. The second kappa shape index (κ2) is 4.61. The fraction of sp³-hybridized carbons (Fsp3) is 0.308. The van der Waals surface area contributed by atoms with Crippen LogP contribution in [0.2, 0.25) is 0 Å². The third kappa shape index (κ3) is 1.83. The lowest BCUT2D eigenvalue weighted by Gasteiger charge is -2.45. The summed E-state index contributed by atoms with van der Waals surface area (Å²) >= 11 is 0. The van der Waals surface area contributed by atoms with Crippen molar-refractivity contribution in [3.63, 3.8) is 0 Å². The van der Waals surface area contributed by atoms with E-state index in [4.69, 9.17) is 0 Å². The van der Waals surface area contributed by atoms with E-state index in [1.54, 1.807) is 25.2 Å².